The molecule has 0 radical (unpaired) electrons. The molecule has 1 N–H and O–H groups in total. The number of hydrogen-bond donors (Lipinski definition) is 1. The van der Waals surface area contributed by atoms with Gasteiger partial charge in [0.05, 0.1) is 6.61 Å². The third-order valence-electron chi connectivity index (χ3n) is 1.81. The Morgan fingerprint density at radius 3 is 2.73 bits per heavy atom. The zero-order valence-corrected chi connectivity index (χ0v) is 8.86. The molecule has 1 heterocycles. The molecule has 0 spiro atoms. The van der Waals surface area contributed by atoms with E-state index in [1.165, 1.54) is 6.08 Å². The first-order valence-corrected chi connectivity index (χ1v) is 4.74. The summed E-state index contributed by atoms with van der Waals surface area (Å²) in [6.07, 6.45) is 4.77. The van der Waals surface area contributed by atoms with Crippen molar-refractivity contribution in [3.63, 3.8) is 0 Å². The van der Waals surface area contributed by atoms with Crippen LogP contribution in [0.4, 0.5) is 0 Å². The van der Waals surface area contributed by atoms with E-state index in [-0.39, 0.29) is 5.97 Å². The molecule has 0 atom stereocenters. The Morgan fingerprint density at radius 1 is 1.53 bits per heavy atom. The Bertz CT molecular complexity index is 347. The zero-order valence-electron chi connectivity index (χ0n) is 8.86. The number of carbonyl (C=O) groups is 1. The van der Waals surface area contributed by atoms with Crippen LogP contribution >= 0.6 is 0 Å². The van der Waals surface area contributed by atoms with Crippen LogP contribution in [0.25, 0.3) is 5.70 Å². The average Bonchev–Trinajstić information content (AvgIpc) is 2.27. The van der Waals surface area contributed by atoms with Crippen LogP contribution in [-0.2, 0) is 9.53 Å². The highest BCUT2D eigenvalue weighted by Crippen LogP contribution is 2.08. The lowest BCUT2D eigenvalue weighted by Crippen LogP contribution is -2.09. The maximum absolute atomic E-state index is 11.2. The van der Waals surface area contributed by atoms with E-state index in [0.717, 1.165) is 11.3 Å². The monoisotopic (exact) mass is 206 g/mol. The van der Waals surface area contributed by atoms with Crippen LogP contribution < -0.4 is 5.32 Å². The van der Waals surface area contributed by atoms with E-state index in [9.17, 15) is 4.79 Å². The fourth-order valence-electron chi connectivity index (χ4n) is 1.13. The van der Waals surface area contributed by atoms with Crippen molar-refractivity contribution in [2.24, 2.45) is 0 Å². The normalized spacial score (nSPS) is 10.9. The average molecular weight is 206 g/mol. The van der Waals surface area contributed by atoms with E-state index in [1.54, 1.807) is 26.4 Å². The number of rotatable bonds is 4. The van der Waals surface area contributed by atoms with E-state index in [4.69, 9.17) is 4.74 Å². The summed E-state index contributed by atoms with van der Waals surface area (Å²) >= 11 is 0. The van der Waals surface area contributed by atoms with Gasteiger partial charge in [0, 0.05) is 36.8 Å². The molecule has 0 saturated heterocycles. The topological polar surface area (TPSA) is 51.2 Å². The van der Waals surface area contributed by atoms with Gasteiger partial charge in [0.25, 0.3) is 0 Å². The summed E-state index contributed by atoms with van der Waals surface area (Å²) in [5.41, 5.74) is 1.62. The summed E-state index contributed by atoms with van der Waals surface area (Å²) in [5.74, 6) is -0.348. The molecule has 0 aliphatic carbocycles. The fourth-order valence-corrected chi connectivity index (χ4v) is 1.13. The van der Waals surface area contributed by atoms with Crippen LogP contribution in [0.1, 0.15) is 12.5 Å². The maximum atomic E-state index is 11.2. The van der Waals surface area contributed by atoms with Crippen molar-refractivity contribution in [1.29, 1.82) is 0 Å². The van der Waals surface area contributed by atoms with Crippen molar-refractivity contribution < 1.29 is 9.53 Å². The highest BCUT2D eigenvalue weighted by molar-refractivity contribution is 5.90. The second-order valence-electron chi connectivity index (χ2n) is 2.80. The molecule has 0 fully saturated rings. The Labute approximate surface area is 89.0 Å². The van der Waals surface area contributed by atoms with Crippen molar-refractivity contribution >= 4 is 11.7 Å². The number of esters is 1. The Hall–Kier alpha value is -1.84. The second kappa shape index (κ2) is 5.80. The Balaban J connectivity index is 2.84. The van der Waals surface area contributed by atoms with Crippen LogP contribution in [0, 0.1) is 0 Å². The minimum absolute atomic E-state index is 0.348. The number of nitrogens with one attached hydrogen (secondary N) is 1. The fraction of sp³-hybridized carbons (Fsp3) is 0.273. The van der Waals surface area contributed by atoms with E-state index >= 15 is 0 Å². The molecular weight excluding hydrogens is 192 g/mol. The lowest BCUT2D eigenvalue weighted by Gasteiger charge is -2.06. The molecule has 1 aromatic heterocycles. The van der Waals surface area contributed by atoms with E-state index in [2.05, 4.69) is 10.3 Å². The SMILES string of the molecule is CCOC(=O)/C=C(/NC)c1ccncc1. The van der Waals surface area contributed by atoms with Gasteiger partial charge >= 0.3 is 5.97 Å². The van der Waals surface area contributed by atoms with Gasteiger partial charge in [-0.05, 0) is 19.1 Å². The minimum Gasteiger partial charge on any atom is -0.463 e. The highest BCUT2D eigenvalue weighted by Gasteiger charge is 2.02. The first-order valence-electron chi connectivity index (χ1n) is 4.74. The standard InChI is InChI=1S/C11H14N2O2/c1-3-15-11(14)8-10(12-2)9-4-6-13-7-5-9/h4-8,12H,3H2,1-2H3/b10-8+. The summed E-state index contributed by atoms with van der Waals surface area (Å²) in [6, 6.07) is 3.64. The zero-order chi connectivity index (χ0) is 11.1. The molecule has 1 aromatic rings. The summed E-state index contributed by atoms with van der Waals surface area (Å²) in [5, 5.41) is 2.94. The van der Waals surface area contributed by atoms with Gasteiger partial charge in [-0.15, -0.1) is 0 Å². The second-order valence-corrected chi connectivity index (χ2v) is 2.80. The van der Waals surface area contributed by atoms with Gasteiger partial charge in [0.2, 0.25) is 0 Å². The van der Waals surface area contributed by atoms with Gasteiger partial charge in [0.1, 0.15) is 0 Å². The van der Waals surface area contributed by atoms with Gasteiger partial charge in [-0.2, -0.15) is 0 Å². The predicted octanol–water partition coefficient (Wildman–Crippen LogP) is 1.21. The van der Waals surface area contributed by atoms with Crippen molar-refractivity contribution in [3.05, 3.63) is 36.2 Å². The summed E-state index contributed by atoms with van der Waals surface area (Å²) in [4.78, 5) is 15.1. The first-order chi connectivity index (χ1) is 7.27. The predicted molar refractivity (Wildman–Crippen MR) is 57.9 cm³/mol. The summed E-state index contributed by atoms with van der Waals surface area (Å²) in [6.45, 7) is 2.15. The number of carbonyl (C=O) groups excluding carboxylic acids is 1. The van der Waals surface area contributed by atoms with Crippen LogP contribution in [-0.4, -0.2) is 24.6 Å². The number of ether oxygens (including phenoxy) is 1. The van der Waals surface area contributed by atoms with E-state index in [1.807, 2.05) is 12.1 Å². The van der Waals surface area contributed by atoms with Gasteiger partial charge in [-0.3, -0.25) is 4.98 Å². The number of pyridine rings is 1. The highest BCUT2D eigenvalue weighted by atomic mass is 16.5. The Morgan fingerprint density at radius 2 is 2.20 bits per heavy atom. The quantitative estimate of drug-likeness (QED) is 0.594. The van der Waals surface area contributed by atoms with Crippen LogP contribution in [0.15, 0.2) is 30.6 Å². The lowest BCUT2D eigenvalue weighted by atomic mass is 10.2. The Kier molecular flexibility index (Phi) is 4.34. The molecule has 0 saturated carbocycles. The molecule has 0 amide bonds. The van der Waals surface area contributed by atoms with Crippen molar-refractivity contribution in [2.45, 2.75) is 6.92 Å². The number of nitrogens with zero attached hydrogens (tertiary/aromatic N) is 1. The van der Waals surface area contributed by atoms with Crippen LogP contribution in [0.5, 0.6) is 0 Å². The molecule has 4 nitrogen and oxygen atoms in total. The third-order valence-corrected chi connectivity index (χ3v) is 1.81. The van der Waals surface area contributed by atoms with Crippen LogP contribution in [0.2, 0.25) is 0 Å². The molecule has 80 valence electrons. The summed E-state index contributed by atoms with van der Waals surface area (Å²) < 4.78 is 4.82. The molecule has 0 bridgehead atoms. The summed E-state index contributed by atoms with van der Waals surface area (Å²) in [7, 11) is 1.76. The van der Waals surface area contributed by atoms with Gasteiger partial charge in [-0.1, -0.05) is 0 Å². The van der Waals surface area contributed by atoms with Crippen molar-refractivity contribution in [2.75, 3.05) is 13.7 Å². The smallest absolute Gasteiger partial charge is 0.332 e. The molecule has 15 heavy (non-hydrogen) atoms. The number of aromatic nitrogens is 1. The molecular formula is C11H14N2O2. The van der Waals surface area contributed by atoms with Gasteiger partial charge < -0.3 is 10.1 Å². The largest absolute Gasteiger partial charge is 0.463 e. The van der Waals surface area contributed by atoms with Crippen LogP contribution in [0.3, 0.4) is 0 Å². The lowest BCUT2D eigenvalue weighted by molar-refractivity contribution is -0.137. The molecule has 4 heteroatoms. The molecule has 0 aliphatic rings. The molecule has 1 rings (SSSR count). The molecule has 0 aromatic carbocycles. The molecule has 0 aliphatic heterocycles. The van der Waals surface area contributed by atoms with Crippen molar-refractivity contribution in [3.8, 4) is 0 Å². The van der Waals surface area contributed by atoms with E-state index in [0.29, 0.717) is 6.61 Å². The molecule has 0 unspecified atom stereocenters. The van der Waals surface area contributed by atoms with Crippen molar-refractivity contribution in [1.82, 2.24) is 10.3 Å². The van der Waals surface area contributed by atoms with Gasteiger partial charge in [-0.25, -0.2) is 4.79 Å². The minimum atomic E-state index is -0.348. The number of hydrogen-bond acceptors (Lipinski definition) is 4. The van der Waals surface area contributed by atoms with Gasteiger partial charge in [0.15, 0.2) is 0 Å². The maximum Gasteiger partial charge on any atom is 0.332 e. The first kappa shape index (κ1) is 11.2. The third kappa shape index (κ3) is 3.42. The van der Waals surface area contributed by atoms with E-state index < -0.39 is 0 Å².